The molecular weight excluding hydrogens is 270 g/mol. The Bertz CT molecular complexity index is 626. The summed E-state index contributed by atoms with van der Waals surface area (Å²) in [5, 5.41) is 12.1. The van der Waals surface area contributed by atoms with Crippen molar-refractivity contribution in [2.45, 2.75) is 0 Å². The zero-order chi connectivity index (χ0) is 15.4. The first-order valence-corrected chi connectivity index (χ1v) is 6.43. The summed E-state index contributed by atoms with van der Waals surface area (Å²) in [6.45, 7) is 0. The molecule has 21 heavy (non-hydrogen) atoms. The van der Waals surface area contributed by atoms with E-state index in [1.807, 2.05) is 37.2 Å². The van der Waals surface area contributed by atoms with E-state index in [9.17, 15) is 5.11 Å². The number of rotatable bonds is 5. The van der Waals surface area contributed by atoms with E-state index in [0.29, 0.717) is 17.2 Å². The molecule has 1 radical (unpaired) electrons. The Hall–Kier alpha value is -2.56. The van der Waals surface area contributed by atoms with Crippen LogP contribution in [0.15, 0.2) is 36.4 Å². The van der Waals surface area contributed by atoms with Gasteiger partial charge < -0.3 is 19.1 Å². The van der Waals surface area contributed by atoms with Gasteiger partial charge in [-0.15, -0.1) is 0 Å². The van der Waals surface area contributed by atoms with Crippen LogP contribution in [0.2, 0.25) is 0 Å². The fourth-order valence-electron chi connectivity index (χ4n) is 1.87. The molecule has 0 saturated heterocycles. The van der Waals surface area contributed by atoms with Crippen LogP contribution in [-0.4, -0.2) is 28.3 Å². The van der Waals surface area contributed by atoms with Gasteiger partial charge in [-0.1, -0.05) is 6.07 Å². The predicted octanol–water partition coefficient (Wildman–Crippen LogP) is 3.71. The van der Waals surface area contributed by atoms with Gasteiger partial charge in [0.1, 0.15) is 11.5 Å². The SMILES string of the molecule is COc1cc([O])c(Oc2cccc(N(C)C)c2)c(OC)c1. The van der Waals surface area contributed by atoms with E-state index in [4.69, 9.17) is 14.2 Å². The van der Waals surface area contributed by atoms with Gasteiger partial charge in [0.25, 0.3) is 0 Å². The third kappa shape index (κ3) is 3.31. The van der Waals surface area contributed by atoms with Crippen LogP contribution in [0.5, 0.6) is 28.7 Å². The molecule has 111 valence electrons. The summed E-state index contributed by atoms with van der Waals surface area (Å²) in [5.74, 6) is 1.21. The van der Waals surface area contributed by atoms with Gasteiger partial charge >= 0.3 is 0 Å². The van der Waals surface area contributed by atoms with Crippen LogP contribution < -0.4 is 19.1 Å². The summed E-state index contributed by atoms with van der Waals surface area (Å²) < 4.78 is 16.0. The summed E-state index contributed by atoms with van der Waals surface area (Å²) in [4.78, 5) is 1.95. The summed E-state index contributed by atoms with van der Waals surface area (Å²) in [7, 11) is 6.85. The molecule has 0 spiro atoms. The number of hydrogen-bond donors (Lipinski definition) is 0. The molecule has 0 aromatic heterocycles. The van der Waals surface area contributed by atoms with Gasteiger partial charge in [0.05, 0.1) is 14.2 Å². The molecule has 0 aliphatic heterocycles. The van der Waals surface area contributed by atoms with Crippen LogP contribution in [0.4, 0.5) is 5.69 Å². The Labute approximate surface area is 124 Å². The van der Waals surface area contributed by atoms with Gasteiger partial charge in [-0.25, -0.2) is 0 Å². The highest BCUT2D eigenvalue weighted by Crippen LogP contribution is 2.43. The van der Waals surface area contributed by atoms with Crippen molar-refractivity contribution in [2.75, 3.05) is 33.2 Å². The van der Waals surface area contributed by atoms with E-state index in [0.717, 1.165) is 5.69 Å². The van der Waals surface area contributed by atoms with E-state index < -0.39 is 0 Å². The van der Waals surface area contributed by atoms with Crippen LogP contribution >= 0.6 is 0 Å². The monoisotopic (exact) mass is 288 g/mol. The molecule has 0 bridgehead atoms. The molecule has 2 aromatic carbocycles. The Balaban J connectivity index is 2.37. The summed E-state index contributed by atoms with van der Waals surface area (Å²) in [5.41, 5.74) is 0.979. The van der Waals surface area contributed by atoms with E-state index in [1.165, 1.54) is 20.3 Å². The zero-order valence-electron chi connectivity index (χ0n) is 12.5. The highest BCUT2D eigenvalue weighted by Gasteiger charge is 2.16. The van der Waals surface area contributed by atoms with Crippen molar-refractivity contribution in [1.29, 1.82) is 0 Å². The minimum atomic E-state index is -0.290. The molecule has 0 heterocycles. The number of methoxy groups -OCH3 is 2. The Kier molecular flexibility index (Phi) is 4.42. The molecule has 5 heteroatoms. The Morgan fingerprint density at radius 3 is 2.33 bits per heavy atom. The minimum absolute atomic E-state index is 0.147. The highest BCUT2D eigenvalue weighted by atomic mass is 16.5. The maximum atomic E-state index is 12.1. The second kappa shape index (κ2) is 6.26. The average molecular weight is 288 g/mol. The van der Waals surface area contributed by atoms with E-state index in [1.54, 1.807) is 12.1 Å². The van der Waals surface area contributed by atoms with Crippen molar-refractivity contribution in [1.82, 2.24) is 0 Å². The number of ether oxygens (including phenoxy) is 3. The number of nitrogens with zero attached hydrogens (tertiary/aromatic N) is 1. The van der Waals surface area contributed by atoms with Crippen molar-refractivity contribution < 1.29 is 19.3 Å². The van der Waals surface area contributed by atoms with Gasteiger partial charge in [-0.05, 0) is 12.1 Å². The first-order chi connectivity index (χ1) is 10.0. The fourth-order valence-corrected chi connectivity index (χ4v) is 1.87. The second-order valence-corrected chi connectivity index (χ2v) is 4.65. The van der Waals surface area contributed by atoms with Crippen LogP contribution in [0.25, 0.3) is 0 Å². The van der Waals surface area contributed by atoms with Crippen LogP contribution in [0.1, 0.15) is 0 Å². The lowest BCUT2D eigenvalue weighted by atomic mass is 10.2. The van der Waals surface area contributed by atoms with Crippen molar-refractivity contribution >= 4 is 5.69 Å². The second-order valence-electron chi connectivity index (χ2n) is 4.65. The van der Waals surface area contributed by atoms with Gasteiger partial charge in [0, 0.05) is 38.0 Å². The van der Waals surface area contributed by atoms with Crippen molar-refractivity contribution in [3.63, 3.8) is 0 Å². The molecule has 2 aromatic rings. The van der Waals surface area contributed by atoms with Gasteiger partial charge in [-0.3, -0.25) is 5.11 Å². The summed E-state index contributed by atoms with van der Waals surface area (Å²) >= 11 is 0. The zero-order valence-corrected chi connectivity index (χ0v) is 12.5. The molecule has 0 atom stereocenters. The van der Waals surface area contributed by atoms with Crippen LogP contribution in [0.3, 0.4) is 0 Å². The fraction of sp³-hybridized carbons (Fsp3) is 0.250. The normalized spacial score (nSPS) is 10.1. The van der Waals surface area contributed by atoms with E-state index >= 15 is 0 Å². The van der Waals surface area contributed by atoms with Crippen molar-refractivity contribution in [2.24, 2.45) is 0 Å². The first kappa shape index (κ1) is 14.8. The average Bonchev–Trinajstić information content (AvgIpc) is 2.49. The van der Waals surface area contributed by atoms with Gasteiger partial charge in [0.15, 0.2) is 5.75 Å². The Morgan fingerprint density at radius 2 is 1.71 bits per heavy atom. The maximum Gasteiger partial charge on any atom is 0.228 e. The standard InChI is InChI=1S/C16H18NO4/c1-17(2)11-6-5-7-12(8-11)21-16-14(18)9-13(19-3)10-15(16)20-4/h5-10H,1-4H3. The molecule has 0 aliphatic rings. The molecule has 0 amide bonds. The van der Waals surface area contributed by atoms with E-state index in [-0.39, 0.29) is 11.5 Å². The molecule has 5 nitrogen and oxygen atoms in total. The first-order valence-electron chi connectivity index (χ1n) is 6.43. The van der Waals surface area contributed by atoms with Crippen molar-refractivity contribution in [3.05, 3.63) is 36.4 Å². The summed E-state index contributed by atoms with van der Waals surface area (Å²) in [6.07, 6.45) is 0. The third-order valence-corrected chi connectivity index (χ3v) is 3.00. The number of anilines is 1. The van der Waals surface area contributed by atoms with E-state index in [2.05, 4.69) is 0 Å². The Morgan fingerprint density at radius 1 is 0.952 bits per heavy atom. The third-order valence-electron chi connectivity index (χ3n) is 3.00. The van der Waals surface area contributed by atoms with Gasteiger partial charge in [-0.2, -0.15) is 0 Å². The lowest BCUT2D eigenvalue weighted by Gasteiger charge is -2.15. The predicted molar refractivity (Wildman–Crippen MR) is 80.5 cm³/mol. The quantitative estimate of drug-likeness (QED) is 0.841. The largest absolute Gasteiger partial charge is 0.496 e. The number of hydrogen-bond acceptors (Lipinski definition) is 4. The molecule has 0 fully saturated rings. The lowest BCUT2D eigenvalue weighted by Crippen LogP contribution is -2.08. The minimum Gasteiger partial charge on any atom is -0.496 e. The van der Waals surface area contributed by atoms with Crippen LogP contribution in [-0.2, 0) is 5.11 Å². The smallest absolute Gasteiger partial charge is 0.228 e. The molecule has 0 N–H and O–H groups in total. The van der Waals surface area contributed by atoms with Gasteiger partial charge in [0.2, 0.25) is 11.5 Å². The highest BCUT2D eigenvalue weighted by molar-refractivity contribution is 5.58. The molecule has 0 unspecified atom stereocenters. The molecule has 0 saturated carbocycles. The summed E-state index contributed by atoms with van der Waals surface area (Å²) in [6, 6.07) is 10.4. The number of benzene rings is 2. The van der Waals surface area contributed by atoms with Crippen molar-refractivity contribution in [3.8, 4) is 28.7 Å². The molecule has 0 aliphatic carbocycles. The lowest BCUT2D eigenvalue weighted by molar-refractivity contribution is 0.308. The topological polar surface area (TPSA) is 50.8 Å². The molecular formula is C16H18NO4. The maximum absolute atomic E-state index is 12.1. The van der Waals surface area contributed by atoms with Crippen LogP contribution in [0, 0.1) is 0 Å². The molecule has 2 rings (SSSR count).